The maximum Gasteiger partial charge on any atom is 0.192 e. The summed E-state index contributed by atoms with van der Waals surface area (Å²) in [4.78, 5) is 11.4. The molecule has 2 nitrogen and oxygen atoms in total. The van der Waals surface area contributed by atoms with Crippen LogP contribution in [-0.2, 0) is 9.22 Å². The number of rotatable bonds is 5. The third-order valence-electron chi connectivity index (χ3n) is 3.85. The average Bonchev–Trinajstić information content (AvgIpc) is 2.11. The van der Waals surface area contributed by atoms with E-state index in [1.165, 1.54) is 0 Å². The number of hydrogen-bond donors (Lipinski definition) is 0. The Morgan fingerprint density at radius 1 is 1.31 bits per heavy atom. The Morgan fingerprint density at radius 3 is 2.00 bits per heavy atom. The molecule has 0 aliphatic rings. The zero-order chi connectivity index (χ0) is 13.1. The zero-order valence-corrected chi connectivity index (χ0v) is 13.2. The van der Waals surface area contributed by atoms with Gasteiger partial charge >= 0.3 is 0 Å². The highest BCUT2D eigenvalue weighted by Crippen LogP contribution is 2.38. The van der Waals surface area contributed by atoms with Gasteiger partial charge in [-0.3, -0.25) is 4.79 Å². The molecule has 0 bridgehead atoms. The summed E-state index contributed by atoms with van der Waals surface area (Å²) in [5.41, 5.74) is 0. The van der Waals surface area contributed by atoms with Crippen LogP contribution < -0.4 is 0 Å². The van der Waals surface area contributed by atoms with Crippen molar-refractivity contribution in [1.82, 2.24) is 0 Å². The normalized spacial score (nSPS) is 17.0. The fraction of sp³-hybridized carbons (Fsp3) is 0.923. The van der Waals surface area contributed by atoms with Crippen molar-refractivity contribution < 1.29 is 9.22 Å². The van der Waals surface area contributed by atoms with Gasteiger partial charge in [0.05, 0.1) is 6.10 Å². The number of carbonyl (C=O) groups excluding carboxylic acids is 1. The molecule has 3 heteroatoms. The van der Waals surface area contributed by atoms with Crippen LogP contribution in [0.2, 0.25) is 18.1 Å². The van der Waals surface area contributed by atoms with Gasteiger partial charge in [-0.1, -0.05) is 34.6 Å². The van der Waals surface area contributed by atoms with Gasteiger partial charge in [0.25, 0.3) is 0 Å². The van der Waals surface area contributed by atoms with E-state index in [0.29, 0.717) is 0 Å². The first-order valence-corrected chi connectivity index (χ1v) is 9.12. The molecule has 0 aliphatic heterocycles. The quantitative estimate of drug-likeness (QED) is 0.683. The summed E-state index contributed by atoms with van der Waals surface area (Å²) in [5, 5.41) is 0.205. The van der Waals surface area contributed by atoms with Crippen LogP contribution in [-0.4, -0.2) is 20.2 Å². The van der Waals surface area contributed by atoms with E-state index >= 15 is 0 Å². The molecule has 0 rings (SSSR count). The van der Waals surface area contributed by atoms with Gasteiger partial charge in [-0.15, -0.1) is 0 Å². The third-order valence-corrected chi connectivity index (χ3v) is 8.36. The van der Waals surface area contributed by atoms with Crippen molar-refractivity contribution in [2.24, 2.45) is 5.92 Å². The second kappa shape index (κ2) is 5.45. The first-order valence-electron chi connectivity index (χ1n) is 6.21. The predicted molar refractivity (Wildman–Crippen MR) is 72.2 cm³/mol. The van der Waals surface area contributed by atoms with Gasteiger partial charge in [0.15, 0.2) is 8.32 Å². The molecule has 0 aromatic heterocycles. The Bertz CT molecular complexity index is 241. The molecule has 0 spiro atoms. The Hall–Kier alpha value is -0.153. The monoisotopic (exact) mass is 244 g/mol. The van der Waals surface area contributed by atoms with Crippen LogP contribution in [0.1, 0.15) is 48.0 Å². The summed E-state index contributed by atoms with van der Waals surface area (Å²) < 4.78 is 6.29. The number of ketones is 1. The minimum atomic E-state index is -1.75. The van der Waals surface area contributed by atoms with Gasteiger partial charge < -0.3 is 4.43 Å². The minimum absolute atomic E-state index is 0.0131. The van der Waals surface area contributed by atoms with E-state index in [1.807, 2.05) is 6.92 Å². The van der Waals surface area contributed by atoms with E-state index in [1.54, 1.807) is 6.92 Å². The van der Waals surface area contributed by atoms with Gasteiger partial charge in [-0.05, 0) is 31.5 Å². The van der Waals surface area contributed by atoms with Crippen LogP contribution in [0.25, 0.3) is 0 Å². The molecule has 16 heavy (non-hydrogen) atoms. The predicted octanol–water partition coefficient (Wildman–Crippen LogP) is 4.01. The van der Waals surface area contributed by atoms with E-state index in [-0.39, 0.29) is 22.8 Å². The summed E-state index contributed by atoms with van der Waals surface area (Å²) in [6, 6.07) is 0. The van der Waals surface area contributed by atoms with Crippen LogP contribution in [0.3, 0.4) is 0 Å². The summed E-state index contributed by atoms with van der Waals surface area (Å²) in [6.07, 6.45) is 0.992. The maximum atomic E-state index is 11.4. The van der Waals surface area contributed by atoms with Gasteiger partial charge in [-0.25, -0.2) is 0 Å². The van der Waals surface area contributed by atoms with Crippen molar-refractivity contribution in [3.05, 3.63) is 0 Å². The molecule has 96 valence electrons. The summed E-state index contributed by atoms with van der Waals surface area (Å²) >= 11 is 0. The van der Waals surface area contributed by atoms with Crippen LogP contribution >= 0.6 is 0 Å². The second-order valence-electron chi connectivity index (χ2n) is 6.22. The lowest BCUT2D eigenvalue weighted by molar-refractivity contribution is -0.123. The van der Waals surface area contributed by atoms with Gasteiger partial charge in [0.1, 0.15) is 5.78 Å². The average molecular weight is 244 g/mol. The van der Waals surface area contributed by atoms with Crippen molar-refractivity contribution in [3.63, 3.8) is 0 Å². The fourth-order valence-electron chi connectivity index (χ4n) is 1.36. The highest BCUT2D eigenvalue weighted by molar-refractivity contribution is 6.74. The summed E-state index contributed by atoms with van der Waals surface area (Å²) in [5.74, 6) is 0.240. The molecule has 0 aliphatic carbocycles. The highest BCUT2D eigenvalue weighted by Gasteiger charge is 2.40. The summed E-state index contributed by atoms with van der Waals surface area (Å²) in [6.45, 7) is 16.9. The molecule has 0 unspecified atom stereocenters. The largest absolute Gasteiger partial charge is 0.413 e. The van der Waals surface area contributed by atoms with E-state index in [0.717, 1.165) is 6.42 Å². The first kappa shape index (κ1) is 15.8. The van der Waals surface area contributed by atoms with Gasteiger partial charge in [-0.2, -0.15) is 0 Å². The molecule has 0 heterocycles. The molecule has 0 fully saturated rings. The van der Waals surface area contributed by atoms with Crippen LogP contribution in [0.15, 0.2) is 0 Å². The molecule has 0 amide bonds. The van der Waals surface area contributed by atoms with E-state index in [4.69, 9.17) is 4.43 Å². The lowest BCUT2D eigenvalue weighted by Crippen LogP contribution is -2.46. The third kappa shape index (κ3) is 4.02. The minimum Gasteiger partial charge on any atom is -0.413 e. The fourth-order valence-corrected chi connectivity index (χ4v) is 2.84. The lowest BCUT2D eigenvalue weighted by atomic mass is 9.99. The Morgan fingerprint density at radius 2 is 1.75 bits per heavy atom. The van der Waals surface area contributed by atoms with Crippen molar-refractivity contribution in [2.45, 2.75) is 72.2 Å². The first-order chi connectivity index (χ1) is 7.03. The van der Waals surface area contributed by atoms with Crippen molar-refractivity contribution >= 4 is 14.1 Å². The number of hydrogen-bond acceptors (Lipinski definition) is 2. The topological polar surface area (TPSA) is 26.3 Å². The standard InChI is InChI=1S/C13H28O2Si/c1-9-12(10(2)11(3)14)15-16(7,8)13(4,5)6/h10,12H,9H2,1-8H3/t10-,12-/m0/s1. The van der Waals surface area contributed by atoms with Gasteiger partial charge in [0, 0.05) is 5.92 Å². The van der Waals surface area contributed by atoms with Crippen LogP contribution in [0, 0.1) is 5.92 Å². The molecule has 0 aromatic carbocycles. The SMILES string of the molecule is CC[C@H](O[Si](C)(C)C(C)(C)C)[C@@H](C)C(C)=O. The maximum absolute atomic E-state index is 11.4. The van der Waals surface area contributed by atoms with E-state index < -0.39 is 8.32 Å². The molecule has 0 saturated heterocycles. The van der Waals surface area contributed by atoms with E-state index in [2.05, 4.69) is 40.8 Å². The number of Topliss-reactive ketones (excluding diaryl/α,β-unsaturated/α-hetero) is 1. The highest BCUT2D eigenvalue weighted by atomic mass is 28.4. The Kier molecular flexibility index (Phi) is 5.40. The van der Waals surface area contributed by atoms with Crippen molar-refractivity contribution in [3.8, 4) is 0 Å². The smallest absolute Gasteiger partial charge is 0.192 e. The number of carbonyl (C=O) groups is 1. The Labute approximate surface area is 102 Å². The van der Waals surface area contributed by atoms with Crippen LogP contribution in [0.5, 0.6) is 0 Å². The molecule has 0 saturated carbocycles. The van der Waals surface area contributed by atoms with Crippen molar-refractivity contribution in [2.75, 3.05) is 0 Å². The molecule has 0 radical (unpaired) electrons. The zero-order valence-electron chi connectivity index (χ0n) is 12.2. The summed E-state index contributed by atoms with van der Waals surface area (Å²) in [7, 11) is -1.75. The molecule has 2 atom stereocenters. The van der Waals surface area contributed by atoms with E-state index in [9.17, 15) is 4.79 Å². The van der Waals surface area contributed by atoms with Crippen molar-refractivity contribution in [1.29, 1.82) is 0 Å². The van der Waals surface area contributed by atoms with Crippen LogP contribution in [0.4, 0.5) is 0 Å². The molecule has 0 N–H and O–H groups in total. The Balaban J connectivity index is 4.73. The second-order valence-corrected chi connectivity index (χ2v) is 11.0. The van der Waals surface area contributed by atoms with Gasteiger partial charge in [0.2, 0.25) is 0 Å². The molecular weight excluding hydrogens is 216 g/mol. The molecule has 0 aromatic rings. The molecular formula is C13H28O2Si. The lowest BCUT2D eigenvalue weighted by Gasteiger charge is -2.40.